The number of hydrogen-bond donors (Lipinski definition) is 0. The molecule has 7 heteroatoms. The number of rotatable bonds is 9. The maximum atomic E-state index is 11.8. The van der Waals surface area contributed by atoms with Crippen LogP contribution in [0.2, 0.25) is 0 Å². The van der Waals surface area contributed by atoms with Gasteiger partial charge in [0.2, 0.25) is 0 Å². The standard InChI is InChI=1S/C13H23F3O4/c1-9(2)7-10(3)12(17)20-11(4)19-6-5-18-8-13(14,15)16/h9-11H,5-8H2,1-4H3. The van der Waals surface area contributed by atoms with Gasteiger partial charge in [0.1, 0.15) is 6.61 Å². The molecule has 0 aromatic rings. The first-order chi connectivity index (χ1) is 9.11. The zero-order valence-corrected chi connectivity index (χ0v) is 12.3. The Morgan fingerprint density at radius 3 is 2.20 bits per heavy atom. The molecule has 0 spiro atoms. The number of ether oxygens (including phenoxy) is 3. The van der Waals surface area contributed by atoms with Crippen LogP contribution in [0.25, 0.3) is 0 Å². The fourth-order valence-electron chi connectivity index (χ4n) is 1.58. The van der Waals surface area contributed by atoms with Crippen molar-refractivity contribution in [3.63, 3.8) is 0 Å². The van der Waals surface area contributed by atoms with E-state index < -0.39 is 19.1 Å². The highest BCUT2D eigenvalue weighted by molar-refractivity contribution is 5.72. The number of halogens is 3. The van der Waals surface area contributed by atoms with E-state index in [0.29, 0.717) is 12.3 Å². The minimum atomic E-state index is -4.34. The fourth-order valence-corrected chi connectivity index (χ4v) is 1.58. The second-order valence-corrected chi connectivity index (χ2v) is 5.07. The number of esters is 1. The normalized spacial score (nSPS) is 15.2. The van der Waals surface area contributed by atoms with Crippen molar-refractivity contribution in [3.8, 4) is 0 Å². The van der Waals surface area contributed by atoms with Crippen molar-refractivity contribution in [3.05, 3.63) is 0 Å². The van der Waals surface area contributed by atoms with Crippen LogP contribution in [0.3, 0.4) is 0 Å². The molecular formula is C13H23F3O4. The molecule has 0 saturated heterocycles. The zero-order chi connectivity index (χ0) is 15.8. The van der Waals surface area contributed by atoms with Gasteiger partial charge in [-0.1, -0.05) is 20.8 Å². The predicted octanol–water partition coefficient (Wildman–Crippen LogP) is 3.15. The van der Waals surface area contributed by atoms with Crippen molar-refractivity contribution in [2.24, 2.45) is 11.8 Å². The van der Waals surface area contributed by atoms with Gasteiger partial charge in [-0.3, -0.25) is 4.79 Å². The summed E-state index contributed by atoms with van der Waals surface area (Å²) in [6.45, 7) is 5.70. The van der Waals surface area contributed by atoms with E-state index in [1.165, 1.54) is 6.92 Å². The molecule has 120 valence electrons. The van der Waals surface area contributed by atoms with Crippen LogP contribution in [0.15, 0.2) is 0 Å². The zero-order valence-electron chi connectivity index (χ0n) is 12.3. The summed E-state index contributed by atoms with van der Waals surface area (Å²) in [5.74, 6) is -0.227. The molecule has 2 atom stereocenters. The number of alkyl halides is 3. The molecule has 0 fully saturated rings. The summed E-state index contributed by atoms with van der Waals surface area (Å²) >= 11 is 0. The first-order valence-corrected chi connectivity index (χ1v) is 6.58. The lowest BCUT2D eigenvalue weighted by molar-refractivity contribution is -0.191. The summed E-state index contributed by atoms with van der Waals surface area (Å²) in [7, 11) is 0. The van der Waals surface area contributed by atoms with E-state index >= 15 is 0 Å². The summed E-state index contributed by atoms with van der Waals surface area (Å²) < 4.78 is 49.7. The van der Waals surface area contributed by atoms with E-state index in [2.05, 4.69) is 4.74 Å². The molecule has 0 amide bonds. The van der Waals surface area contributed by atoms with E-state index in [1.54, 1.807) is 6.92 Å². The van der Waals surface area contributed by atoms with Crippen molar-refractivity contribution >= 4 is 5.97 Å². The van der Waals surface area contributed by atoms with E-state index in [4.69, 9.17) is 9.47 Å². The third-order valence-corrected chi connectivity index (χ3v) is 2.36. The molecule has 0 bridgehead atoms. The topological polar surface area (TPSA) is 44.8 Å². The molecule has 2 unspecified atom stereocenters. The molecule has 0 rings (SSSR count). The number of carbonyl (C=O) groups is 1. The molecule has 0 aromatic carbocycles. The lowest BCUT2D eigenvalue weighted by atomic mass is 9.99. The summed E-state index contributed by atoms with van der Waals surface area (Å²) in [6.07, 6.45) is -4.43. The minimum absolute atomic E-state index is 0.0664. The second kappa shape index (κ2) is 9.18. The summed E-state index contributed by atoms with van der Waals surface area (Å²) in [6, 6.07) is 0. The Morgan fingerprint density at radius 1 is 1.10 bits per heavy atom. The van der Waals surface area contributed by atoms with Gasteiger partial charge < -0.3 is 14.2 Å². The van der Waals surface area contributed by atoms with Crippen LogP contribution in [-0.4, -0.2) is 38.3 Å². The van der Waals surface area contributed by atoms with Crippen LogP contribution < -0.4 is 0 Å². The highest BCUT2D eigenvalue weighted by Crippen LogP contribution is 2.15. The Kier molecular flexibility index (Phi) is 8.80. The van der Waals surface area contributed by atoms with Gasteiger partial charge in [0.15, 0.2) is 6.29 Å². The SMILES string of the molecule is CC(C)CC(C)C(=O)OC(C)OCCOCC(F)(F)F. The van der Waals surface area contributed by atoms with Gasteiger partial charge in [-0.25, -0.2) is 0 Å². The van der Waals surface area contributed by atoms with Gasteiger partial charge in [-0.2, -0.15) is 13.2 Å². The molecular weight excluding hydrogens is 277 g/mol. The molecule has 0 aliphatic heterocycles. The molecule has 0 N–H and O–H groups in total. The van der Waals surface area contributed by atoms with Crippen LogP contribution >= 0.6 is 0 Å². The maximum Gasteiger partial charge on any atom is 0.411 e. The molecule has 20 heavy (non-hydrogen) atoms. The van der Waals surface area contributed by atoms with Crippen molar-refractivity contribution in [1.82, 2.24) is 0 Å². The van der Waals surface area contributed by atoms with E-state index in [-0.39, 0.29) is 25.1 Å². The summed E-state index contributed by atoms with van der Waals surface area (Å²) in [4.78, 5) is 11.6. The lowest BCUT2D eigenvalue weighted by Crippen LogP contribution is -2.25. The lowest BCUT2D eigenvalue weighted by Gasteiger charge is -2.18. The smallest absolute Gasteiger partial charge is 0.411 e. The van der Waals surface area contributed by atoms with Crippen molar-refractivity contribution in [2.45, 2.75) is 46.6 Å². The Morgan fingerprint density at radius 2 is 1.70 bits per heavy atom. The van der Waals surface area contributed by atoms with E-state index in [0.717, 1.165) is 0 Å². The molecule has 0 heterocycles. The van der Waals surface area contributed by atoms with Gasteiger partial charge in [0, 0.05) is 0 Å². The Hall–Kier alpha value is -0.820. The van der Waals surface area contributed by atoms with Crippen molar-refractivity contribution in [2.75, 3.05) is 19.8 Å². The maximum absolute atomic E-state index is 11.8. The molecule has 4 nitrogen and oxygen atoms in total. The van der Waals surface area contributed by atoms with Crippen LogP contribution in [-0.2, 0) is 19.0 Å². The fraction of sp³-hybridized carbons (Fsp3) is 0.923. The molecule has 0 aliphatic rings. The Bertz CT molecular complexity index is 279. The van der Waals surface area contributed by atoms with Crippen molar-refractivity contribution < 1.29 is 32.2 Å². The average molecular weight is 300 g/mol. The second-order valence-electron chi connectivity index (χ2n) is 5.07. The third kappa shape index (κ3) is 11.0. The molecule has 0 aromatic heterocycles. The largest absolute Gasteiger partial charge is 0.436 e. The first kappa shape index (κ1) is 19.2. The van der Waals surface area contributed by atoms with Crippen LogP contribution in [0, 0.1) is 11.8 Å². The van der Waals surface area contributed by atoms with Crippen LogP contribution in [0.5, 0.6) is 0 Å². The van der Waals surface area contributed by atoms with Crippen LogP contribution in [0.1, 0.15) is 34.1 Å². The van der Waals surface area contributed by atoms with Gasteiger partial charge in [-0.15, -0.1) is 0 Å². The average Bonchev–Trinajstić information content (AvgIpc) is 2.25. The van der Waals surface area contributed by atoms with E-state index in [9.17, 15) is 18.0 Å². The summed E-state index contributed by atoms with van der Waals surface area (Å²) in [5.41, 5.74) is 0. The molecule has 0 radical (unpaired) electrons. The van der Waals surface area contributed by atoms with Crippen molar-refractivity contribution in [1.29, 1.82) is 0 Å². The third-order valence-electron chi connectivity index (χ3n) is 2.36. The minimum Gasteiger partial charge on any atom is -0.436 e. The first-order valence-electron chi connectivity index (χ1n) is 6.58. The van der Waals surface area contributed by atoms with Gasteiger partial charge in [0.25, 0.3) is 0 Å². The Labute approximate surface area is 117 Å². The highest BCUT2D eigenvalue weighted by Gasteiger charge is 2.27. The van der Waals surface area contributed by atoms with Crippen LogP contribution in [0.4, 0.5) is 13.2 Å². The highest BCUT2D eigenvalue weighted by atomic mass is 19.4. The van der Waals surface area contributed by atoms with Gasteiger partial charge >= 0.3 is 12.1 Å². The predicted molar refractivity (Wildman–Crippen MR) is 67.0 cm³/mol. The van der Waals surface area contributed by atoms with E-state index in [1.807, 2.05) is 13.8 Å². The van der Waals surface area contributed by atoms with Gasteiger partial charge in [0.05, 0.1) is 19.1 Å². The van der Waals surface area contributed by atoms with Gasteiger partial charge in [-0.05, 0) is 19.3 Å². The number of hydrogen-bond acceptors (Lipinski definition) is 4. The number of carbonyl (C=O) groups excluding carboxylic acids is 1. The Balaban J connectivity index is 3.72. The monoisotopic (exact) mass is 300 g/mol. The molecule has 0 saturated carbocycles. The quantitative estimate of drug-likeness (QED) is 0.373. The molecule has 0 aliphatic carbocycles. The summed E-state index contributed by atoms with van der Waals surface area (Å²) in [5, 5.41) is 0.